The minimum atomic E-state index is -0.0975. The lowest BCUT2D eigenvalue weighted by molar-refractivity contribution is -0.137. The Balaban J connectivity index is 0.00000208. The zero-order valence-corrected chi connectivity index (χ0v) is 14.2. The summed E-state index contributed by atoms with van der Waals surface area (Å²) in [5, 5.41) is 12.6. The van der Waals surface area contributed by atoms with Crippen LogP contribution in [0.2, 0.25) is 0 Å². The SMILES string of the molecule is Cl.Cn1ccnc1C1CNCCN1C(=O)COc1ccc(O)cc1. The number of ether oxygens (including phenoxy) is 1. The molecule has 7 nitrogen and oxygen atoms in total. The zero-order valence-electron chi connectivity index (χ0n) is 13.4. The highest BCUT2D eigenvalue weighted by atomic mass is 35.5. The van der Waals surface area contributed by atoms with Crippen LogP contribution in [-0.2, 0) is 11.8 Å². The molecule has 1 aromatic carbocycles. The predicted molar refractivity (Wildman–Crippen MR) is 91.4 cm³/mol. The van der Waals surface area contributed by atoms with Crippen molar-refractivity contribution in [1.29, 1.82) is 0 Å². The maximum Gasteiger partial charge on any atom is 0.261 e. The van der Waals surface area contributed by atoms with Gasteiger partial charge in [-0.1, -0.05) is 0 Å². The number of benzene rings is 1. The van der Waals surface area contributed by atoms with Crippen LogP contribution in [0.15, 0.2) is 36.7 Å². The van der Waals surface area contributed by atoms with E-state index in [-0.39, 0.29) is 36.7 Å². The van der Waals surface area contributed by atoms with E-state index in [0.717, 1.165) is 12.4 Å². The molecule has 0 aliphatic carbocycles. The van der Waals surface area contributed by atoms with Gasteiger partial charge in [0.15, 0.2) is 6.61 Å². The van der Waals surface area contributed by atoms with Gasteiger partial charge in [0, 0.05) is 39.1 Å². The first kappa shape index (κ1) is 18.1. The van der Waals surface area contributed by atoms with Crippen LogP contribution in [0.3, 0.4) is 0 Å². The molecule has 2 heterocycles. The summed E-state index contributed by atoms with van der Waals surface area (Å²) >= 11 is 0. The summed E-state index contributed by atoms with van der Waals surface area (Å²) in [6, 6.07) is 6.23. The van der Waals surface area contributed by atoms with Gasteiger partial charge in [-0.15, -0.1) is 12.4 Å². The van der Waals surface area contributed by atoms with E-state index in [1.165, 1.54) is 12.1 Å². The fourth-order valence-electron chi connectivity index (χ4n) is 2.70. The Morgan fingerprint density at radius 1 is 1.42 bits per heavy atom. The number of amides is 1. The third kappa shape index (κ3) is 3.98. The Morgan fingerprint density at radius 2 is 2.17 bits per heavy atom. The van der Waals surface area contributed by atoms with E-state index in [2.05, 4.69) is 10.3 Å². The standard InChI is InChI=1S/C16H20N4O3.ClH/c1-19-8-7-18-16(19)14-10-17-6-9-20(14)15(22)11-23-13-4-2-12(21)3-5-13;/h2-5,7-8,14,17,21H,6,9-11H2,1H3;1H. The number of aromatic hydroxyl groups is 1. The normalized spacial score (nSPS) is 17.2. The van der Waals surface area contributed by atoms with Crippen LogP contribution < -0.4 is 10.1 Å². The van der Waals surface area contributed by atoms with Gasteiger partial charge in [-0.2, -0.15) is 0 Å². The fourth-order valence-corrected chi connectivity index (χ4v) is 2.70. The number of halogens is 1. The summed E-state index contributed by atoms with van der Waals surface area (Å²) in [4.78, 5) is 18.7. The Kier molecular flexibility index (Phi) is 6.05. The van der Waals surface area contributed by atoms with Gasteiger partial charge < -0.3 is 24.6 Å². The van der Waals surface area contributed by atoms with Crippen LogP contribution >= 0.6 is 12.4 Å². The highest BCUT2D eigenvalue weighted by Gasteiger charge is 2.30. The molecule has 1 aromatic heterocycles. The number of rotatable bonds is 4. The summed E-state index contributed by atoms with van der Waals surface area (Å²) < 4.78 is 7.45. The van der Waals surface area contributed by atoms with Crippen molar-refractivity contribution in [2.24, 2.45) is 7.05 Å². The van der Waals surface area contributed by atoms with E-state index in [9.17, 15) is 9.90 Å². The van der Waals surface area contributed by atoms with E-state index in [0.29, 0.717) is 18.8 Å². The number of hydrogen-bond donors (Lipinski definition) is 2. The fraction of sp³-hybridized carbons (Fsp3) is 0.375. The van der Waals surface area contributed by atoms with Crippen molar-refractivity contribution in [2.75, 3.05) is 26.2 Å². The van der Waals surface area contributed by atoms with Gasteiger partial charge in [0.2, 0.25) is 0 Å². The number of nitrogens with one attached hydrogen (secondary N) is 1. The second kappa shape index (κ2) is 8.03. The lowest BCUT2D eigenvalue weighted by Gasteiger charge is -2.35. The molecular formula is C16H21ClN4O3. The second-order valence-corrected chi connectivity index (χ2v) is 5.49. The van der Waals surface area contributed by atoms with Crippen LogP contribution in [0.1, 0.15) is 11.9 Å². The van der Waals surface area contributed by atoms with Crippen molar-refractivity contribution >= 4 is 18.3 Å². The smallest absolute Gasteiger partial charge is 0.261 e. The Hall–Kier alpha value is -2.25. The van der Waals surface area contributed by atoms with E-state index < -0.39 is 0 Å². The maximum atomic E-state index is 12.5. The van der Waals surface area contributed by atoms with Crippen LogP contribution in [0, 0.1) is 0 Å². The first-order valence-electron chi connectivity index (χ1n) is 7.54. The first-order valence-corrected chi connectivity index (χ1v) is 7.54. The molecule has 1 amide bonds. The van der Waals surface area contributed by atoms with Gasteiger partial charge >= 0.3 is 0 Å². The zero-order chi connectivity index (χ0) is 16.2. The average Bonchev–Trinajstić information content (AvgIpc) is 3.00. The lowest BCUT2D eigenvalue weighted by Crippen LogP contribution is -2.50. The van der Waals surface area contributed by atoms with Crippen molar-refractivity contribution in [3.05, 3.63) is 42.5 Å². The molecular weight excluding hydrogens is 332 g/mol. The van der Waals surface area contributed by atoms with Crippen LogP contribution in [0.5, 0.6) is 11.5 Å². The Bertz CT molecular complexity index is 674. The molecule has 0 saturated carbocycles. The molecule has 0 spiro atoms. The number of carbonyl (C=O) groups excluding carboxylic acids is 1. The van der Waals surface area contributed by atoms with E-state index in [1.54, 1.807) is 23.2 Å². The molecule has 1 unspecified atom stereocenters. The van der Waals surface area contributed by atoms with Crippen LogP contribution in [0.4, 0.5) is 0 Å². The molecule has 1 aliphatic rings. The van der Waals surface area contributed by atoms with E-state index in [4.69, 9.17) is 4.74 Å². The van der Waals surface area contributed by atoms with Crippen molar-refractivity contribution in [2.45, 2.75) is 6.04 Å². The molecule has 1 saturated heterocycles. The van der Waals surface area contributed by atoms with E-state index >= 15 is 0 Å². The molecule has 130 valence electrons. The molecule has 8 heteroatoms. The maximum absolute atomic E-state index is 12.5. The number of phenols is 1. The number of imidazole rings is 1. The summed E-state index contributed by atoms with van der Waals surface area (Å²) in [7, 11) is 1.92. The number of piperazine rings is 1. The van der Waals surface area contributed by atoms with Crippen molar-refractivity contribution in [1.82, 2.24) is 19.8 Å². The van der Waals surface area contributed by atoms with Gasteiger partial charge in [0.25, 0.3) is 5.91 Å². The number of phenolic OH excluding ortho intramolecular Hbond substituents is 1. The molecule has 2 N–H and O–H groups in total. The van der Waals surface area contributed by atoms with Crippen molar-refractivity contribution in [3.63, 3.8) is 0 Å². The summed E-state index contributed by atoms with van der Waals surface area (Å²) in [5.74, 6) is 1.50. The van der Waals surface area contributed by atoms with Gasteiger partial charge in [0.05, 0.1) is 0 Å². The number of hydrogen-bond acceptors (Lipinski definition) is 5. The topological polar surface area (TPSA) is 79.6 Å². The van der Waals surface area contributed by atoms with Crippen LogP contribution in [0.25, 0.3) is 0 Å². The minimum Gasteiger partial charge on any atom is -0.508 e. The Labute approximate surface area is 146 Å². The van der Waals surface area contributed by atoms with Gasteiger partial charge in [-0.3, -0.25) is 4.79 Å². The van der Waals surface area contributed by atoms with Crippen LogP contribution in [-0.4, -0.2) is 51.7 Å². The molecule has 24 heavy (non-hydrogen) atoms. The van der Waals surface area contributed by atoms with Gasteiger partial charge in [0.1, 0.15) is 23.4 Å². The minimum absolute atomic E-state index is 0. The molecule has 1 atom stereocenters. The largest absolute Gasteiger partial charge is 0.508 e. The highest BCUT2D eigenvalue weighted by molar-refractivity contribution is 5.85. The highest BCUT2D eigenvalue weighted by Crippen LogP contribution is 2.21. The van der Waals surface area contributed by atoms with E-state index in [1.807, 2.05) is 17.8 Å². The van der Waals surface area contributed by atoms with Gasteiger partial charge in [-0.25, -0.2) is 4.98 Å². The summed E-state index contributed by atoms with van der Waals surface area (Å²) in [6.45, 7) is 2.02. The summed E-state index contributed by atoms with van der Waals surface area (Å²) in [6.07, 6.45) is 3.61. The first-order chi connectivity index (χ1) is 11.1. The predicted octanol–water partition coefficient (Wildman–Crippen LogP) is 1.10. The quantitative estimate of drug-likeness (QED) is 0.861. The average molecular weight is 353 g/mol. The van der Waals surface area contributed by atoms with Crippen molar-refractivity contribution in [3.8, 4) is 11.5 Å². The van der Waals surface area contributed by atoms with Gasteiger partial charge in [-0.05, 0) is 24.3 Å². The number of nitrogens with zero attached hydrogens (tertiary/aromatic N) is 3. The lowest BCUT2D eigenvalue weighted by atomic mass is 10.1. The molecule has 1 fully saturated rings. The molecule has 2 aromatic rings. The van der Waals surface area contributed by atoms with Crippen molar-refractivity contribution < 1.29 is 14.6 Å². The number of carbonyl (C=O) groups is 1. The molecule has 3 rings (SSSR count). The molecule has 1 aliphatic heterocycles. The Morgan fingerprint density at radius 3 is 2.83 bits per heavy atom. The second-order valence-electron chi connectivity index (χ2n) is 5.49. The molecule has 0 bridgehead atoms. The summed E-state index contributed by atoms with van der Waals surface area (Å²) in [5.41, 5.74) is 0. The third-order valence-corrected chi connectivity index (χ3v) is 3.92. The molecule has 0 radical (unpaired) electrons. The third-order valence-electron chi connectivity index (χ3n) is 3.92. The number of aryl methyl sites for hydroxylation is 1. The number of aromatic nitrogens is 2. The monoisotopic (exact) mass is 352 g/mol.